The first-order valence-corrected chi connectivity index (χ1v) is 12.3. The van der Waals surface area contributed by atoms with Gasteiger partial charge in [-0.25, -0.2) is 4.98 Å². The molecule has 3 aromatic rings. The molecule has 0 spiro atoms. The maximum absolute atomic E-state index is 12.6. The van der Waals surface area contributed by atoms with Gasteiger partial charge in [-0.05, 0) is 24.3 Å². The number of rotatable bonds is 7. The lowest BCUT2D eigenvalue weighted by atomic mass is 9.95. The molecule has 0 radical (unpaired) electrons. The summed E-state index contributed by atoms with van der Waals surface area (Å²) < 4.78 is 0. The molecule has 2 N–H and O–H groups in total. The van der Waals surface area contributed by atoms with Crippen LogP contribution < -0.4 is 10.6 Å². The van der Waals surface area contributed by atoms with E-state index in [2.05, 4.69) is 25.8 Å². The molecule has 1 aliphatic rings. The molecule has 162 valence electrons. The van der Waals surface area contributed by atoms with Crippen LogP contribution in [0.3, 0.4) is 0 Å². The number of likely N-dealkylation sites (tertiary alicyclic amines) is 1. The summed E-state index contributed by atoms with van der Waals surface area (Å²) in [5, 5.41) is 17.8. The summed E-state index contributed by atoms with van der Waals surface area (Å²) in [6.45, 7) is 1.06. The Balaban J connectivity index is 1.22. The maximum atomic E-state index is 12.6. The molecule has 1 aliphatic heterocycles. The molecule has 1 saturated heterocycles. The van der Waals surface area contributed by atoms with Crippen LogP contribution in [0.15, 0.2) is 28.4 Å². The van der Waals surface area contributed by atoms with Crippen LogP contribution in [0.1, 0.15) is 23.4 Å². The molecular formula is C19H20N6O3S3. The molecular weight excluding hydrogens is 456 g/mol. The Morgan fingerprint density at radius 3 is 2.61 bits per heavy atom. The number of nitrogens with one attached hydrogen (secondary N) is 2. The van der Waals surface area contributed by atoms with Crippen molar-refractivity contribution in [2.45, 2.75) is 25.7 Å². The fourth-order valence-corrected chi connectivity index (χ4v) is 5.15. The molecule has 3 aromatic heterocycles. The number of nitrogens with zero attached hydrogens (tertiary/aromatic N) is 4. The highest BCUT2D eigenvalue weighted by atomic mass is 32.1. The number of thiazole rings is 1. The number of aromatic nitrogens is 3. The average Bonchev–Trinajstić information content (AvgIpc) is 3.52. The Morgan fingerprint density at radius 2 is 1.90 bits per heavy atom. The van der Waals surface area contributed by atoms with Crippen LogP contribution in [-0.2, 0) is 27.2 Å². The summed E-state index contributed by atoms with van der Waals surface area (Å²) in [6.07, 6.45) is 1.71. The smallest absolute Gasteiger partial charge is 0.231 e. The fraction of sp³-hybridized carbons (Fsp3) is 0.368. The van der Waals surface area contributed by atoms with E-state index in [1.807, 2.05) is 17.5 Å². The topological polar surface area (TPSA) is 117 Å². The van der Waals surface area contributed by atoms with Crippen molar-refractivity contribution in [2.75, 3.05) is 23.7 Å². The second-order valence-corrected chi connectivity index (χ2v) is 9.74. The van der Waals surface area contributed by atoms with E-state index in [1.54, 1.807) is 15.8 Å². The van der Waals surface area contributed by atoms with Gasteiger partial charge in [0.1, 0.15) is 5.51 Å². The van der Waals surface area contributed by atoms with E-state index >= 15 is 0 Å². The number of thiophene rings is 1. The number of piperidine rings is 1. The van der Waals surface area contributed by atoms with Crippen LogP contribution in [0.2, 0.25) is 0 Å². The van der Waals surface area contributed by atoms with E-state index in [1.165, 1.54) is 34.0 Å². The zero-order valence-corrected chi connectivity index (χ0v) is 18.9. The van der Waals surface area contributed by atoms with Gasteiger partial charge in [0.2, 0.25) is 22.9 Å². The molecule has 1 fully saturated rings. The van der Waals surface area contributed by atoms with Gasteiger partial charge in [-0.3, -0.25) is 14.4 Å². The van der Waals surface area contributed by atoms with Gasteiger partial charge < -0.3 is 15.5 Å². The van der Waals surface area contributed by atoms with Crippen molar-refractivity contribution >= 4 is 62.0 Å². The first-order chi connectivity index (χ1) is 15.1. The van der Waals surface area contributed by atoms with E-state index in [4.69, 9.17) is 0 Å². The summed E-state index contributed by atoms with van der Waals surface area (Å²) >= 11 is 4.12. The summed E-state index contributed by atoms with van der Waals surface area (Å²) in [4.78, 5) is 44.2. The minimum atomic E-state index is -0.141. The number of amides is 3. The Morgan fingerprint density at radius 1 is 1.06 bits per heavy atom. The zero-order valence-electron chi connectivity index (χ0n) is 16.4. The molecule has 3 amide bonds. The van der Waals surface area contributed by atoms with Gasteiger partial charge in [0.15, 0.2) is 5.13 Å². The lowest BCUT2D eigenvalue weighted by Gasteiger charge is -2.31. The molecule has 0 unspecified atom stereocenters. The quantitative estimate of drug-likeness (QED) is 0.541. The molecule has 4 heterocycles. The molecule has 0 saturated carbocycles. The van der Waals surface area contributed by atoms with Crippen LogP contribution >= 0.6 is 34.0 Å². The van der Waals surface area contributed by atoms with Gasteiger partial charge in [0.05, 0.1) is 18.5 Å². The third-order valence-corrected chi connectivity index (χ3v) is 7.14. The van der Waals surface area contributed by atoms with Crippen molar-refractivity contribution in [3.8, 4) is 0 Å². The number of carbonyl (C=O) groups is 3. The second-order valence-electron chi connectivity index (χ2n) is 7.01. The van der Waals surface area contributed by atoms with Crippen LogP contribution in [0.5, 0.6) is 0 Å². The van der Waals surface area contributed by atoms with Crippen LogP contribution in [-0.4, -0.2) is 50.9 Å². The summed E-state index contributed by atoms with van der Waals surface area (Å²) in [5.41, 5.74) is 2.20. The van der Waals surface area contributed by atoms with Crippen molar-refractivity contribution in [3.05, 3.63) is 39.0 Å². The van der Waals surface area contributed by atoms with Gasteiger partial charge >= 0.3 is 0 Å². The first kappa shape index (κ1) is 21.5. The standard InChI is InChI=1S/C19H20N6O3S3/c26-15(9-14-2-1-7-29-14)22-18-21-13(10-30-18)8-16(27)25-5-3-12(4-6-25)17(28)23-19-24-20-11-31-19/h1-2,7,10-12H,3-6,8-9H2,(H,21,22,26)(H,23,24,28). The molecule has 0 aliphatic carbocycles. The number of hydrogen-bond acceptors (Lipinski definition) is 9. The lowest BCUT2D eigenvalue weighted by Crippen LogP contribution is -2.42. The van der Waals surface area contributed by atoms with E-state index < -0.39 is 0 Å². The highest BCUT2D eigenvalue weighted by Crippen LogP contribution is 2.22. The van der Waals surface area contributed by atoms with Crippen LogP contribution in [0.25, 0.3) is 0 Å². The molecule has 0 atom stereocenters. The largest absolute Gasteiger partial charge is 0.342 e. The summed E-state index contributed by atoms with van der Waals surface area (Å²) in [6, 6.07) is 3.83. The average molecular weight is 477 g/mol. The van der Waals surface area contributed by atoms with Gasteiger partial charge in [0, 0.05) is 29.3 Å². The van der Waals surface area contributed by atoms with E-state index in [9.17, 15) is 14.4 Å². The monoisotopic (exact) mass is 476 g/mol. The van der Waals surface area contributed by atoms with Crippen molar-refractivity contribution in [2.24, 2.45) is 5.92 Å². The van der Waals surface area contributed by atoms with Gasteiger partial charge in [-0.1, -0.05) is 17.4 Å². The van der Waals surface area contributed by atoms with Gasteiger partial charge in [-0.2, -0.15) is 0 Å². The predicted molar refractivity (Wildman–Crippen MR) is 120 cm³/mol. The number of hydrogen-bond donors (Lipinski definition) is 2. The second kappa shape index (κ2) is 10.1. The predicted octanol–water partition coefficient (Wildman–Crippen LogP) is 2.66. The van der Waals surface area contributed by atoms with E-state index in [0.29, 0.717) is 48.3 Å². The van der Waals surface area contributed by atoms with Crippen LogP contribution in [0.4, 0.5) is 10.3 Å². The molecule has 31 heavy (non-hydrogen) atoms. The van der Waals surface area contributed by atoms with Crippen molar-refractivity contribution in [1.82, 2.24) is 20.1 Å². The zero-order chi connectivity index (χ0) is 21.6. The Kier molecular flexibility index (Phi) is 6.99. The summed E-state index contributed by atoms with van der Waals surface area (Å²) in [5.74, 6) is -0.364. The normalized spacial score (nSPS) is 14.4. The summed E-state index contributed by atoms with van der Waals surface area (Å²) in [7, 11) is 0. The minimum absolute atomic E-state index is 0.0234. The third-order valence-electron chi connectivity index (χ3n) is 4.85. The molecule has 12 heteroatoms. The SMILES string of the molecule is O=C(Cc1cccs1)Nc1nc(CC(=O)N2CCC(C(=O)Nc3nncs3)CC2)cs1. The van der Waals surface area contributed by atoms with E-state index in [0.717, 1.165) is 4.88 Å². The Bertz CT molecular complexity index is 1030. The van der Waals surface area contributed by atoms with Crippen molar-refractivity contribution in [3.63, 3.8) is 0 Å². The highest BCUT2D eigenvalue weighted by Gasteiger charge is 2.28. The molecule has 9 nitrogen and oxygen atoms in total. The minimum Gasteiger partial charge on any atom is -0.342 e. The van der Waals surface area contributed by atoms with Crippen molar-refractivity contribution < 1.29 is 14.4 Å². The lowest BCUT2D eigenvalue weighted by molar-refractivity contribution is -0.133. The molecule has 4 rings (SSSR count). The molecule has 0 bridgehead atoms. The van der Waals surface area contributed by atoms with Crippen molar-refractivity contribution in [1.29, 1.82) is 0 Å². The number of anilines is 2. The van der Waals surface area contributed by atoms with Gasteiger partial charge in [-0.15, -0.1) is 32.9 Å². The first-order valence-electron chi connectivity index (χ1n) is 9.68. The number of carbonyl (C=O) groups excluding carboxylic acids is 3. The Labute approximate surface area is 190 Å². The Hall–Kier alpha value is -2.70. The van der Waals surface area contributed by atoms with E-state index in [-0.39, 0.29) is 30.1 Å². The van der Waals surface area contributed by atoms with Gasteiger partial charge in [0.25, 0.3) is 0 Å². The fourth-order valence-electron chi connectivity index (χ4n) is 3.27. The third kappa shape index (κ3) is 5.93. The highest BCUT2D eigenvalue weighted by molar-refractivity contribution is 7.14. The van der Waals surface area contributed by atoms with Crippen LogP contribution in [0, 0.1) is 5.92 Å². The maximum Gasteiger partial charge on any atom is 0.231 e. The molecule has 0 aromatic carbocycles.